The predicted octanol–water partition coefficient (Wildman–Crippen LogP) is 0.742. The number of hydrogen-bond donors (Lipinski definition) is 3. The summed E-state index contributed by atoms with van der Waals surface area (Å²) in [6.07, 6.45) is 0.598. The lowest BCUT2D eigenvalue weighted by Gasteiger charge is -2.15. The maximum absolute atomic E-state index is 11.3. The molecule has 98 valence electrons. The molecule has 1 heterocycles. The zero-order chi connectivity index (χ0) is 13.2. The highest BCUT2D eigenvalue weighted by molar-refractivity contribution is 7.91. The van der Waals surface area contributed by atoms with Crippen molar-refractivity contribution in [2.75, 3.05) is 22.6 Å². The Balaban J connectivity index is 1.90. The van der Waals surface area contributed by atoms with Crippen LogP contribution in [0.4, 0.5) is 11.4 Å². The second-order valence-corrected chi connectivity index (χ2v) is 6.96. The quantitative estimate of drug-likeness (QED) is 0.549. The Kier molecular flexibility index (Phi) is 3.72. The van der Waals surface area contributed by atoms with Crippen LogP contribution >= 0.6 is 12.2 Å². The maximum Gasteiger partial charge on any atom is 0.171 e. The van der Waals surface area contributed by atoms with E-state index >= 15 is 0 Å². The SMILES string of the molecule is Nc1cccc(NC(=S)NC2CCS(=O)(=O)C2)c1. The third-order valence-corrected chi connectivity index (χ3v) is 4.70. The van der Waals surface area contributed by atoms with E-state index in [1.165, 1.54) is 0 Å². The van der Waals surface area contributed by atoms with E-state index < -0.39 is 9.84 Å². The molecule has 7 heteroatoms. The minimum Gasteiger partial charge on any atom is -0.399 e. The fourth-order valence-corrected chi connectivity index (χ4v) is 3.84. The van der Waals surface area contributed by atoms with Gasteiger partial charge in [-0.2, -0.15) is 0 Å². The molecule has 1 atom stereocenters. The molecule has 1 unspecified atom stereocenters. The van der Waals surface area contributed by atoms with Crippen LogP contribution in [0.2, 0.25) is 0 Å². The van der Waals surface area contributed by atoms with Crippen molar-refractivity contribution in [3.05, 3.63) is 24.3 Å². The highest BCUT2D eigenvalue weighted by Gasteiger charge is 2.28. The van der Waals surface area contributed by atoms with E-state index in [1.807, 2.05) is 12.1 Å². The van der Waals surface area contributed by atoms with Crippen LogP contribution in [0.5, 0.6) is 0 Å². The second-order valence-electron chi connectivity index (χ2n) is 4.32. The van der Waals surface area contributed by atoms with Crippen LogP contribution in [0.15, 0.2) is 24.3 Å². The summed E-state index contributed by atoms with van der Waals surface area (Å²) < 4.78 is 22.6. The van der Waals surface area contributed by atoms with Gasteiger partial charge in [-0.15, -0.1) is 0 Å². The predicted molar refractivity (Wildman–Crippen MR) is 77.3 cm³/mol. The summed E-state index contributed by atoms with van der Waals surface area (Å²) in [5.74, 6) is 0.372. The molecule has 5 nitrogen and oxygen atoms in total. The van der Waals surface area contributed by atoms with Crippen LogP contribution < -0.4 is 16.4 Å². The van der Waals surface area contributed by atoms with Gasteiger partial charge in [0.05, 0.1) is 11.5 Å². The summed E-state index contributed by atoms with van der Waals surface area (Å²) in [7, 11) is -2.89. The normalized spacial score (nSPS) is 21.4. The lowest BCUT2D eigenvalue weighted by molar-refractivity contribution is 0.600. The Morgan fingerprint density at radius 2 is 2.22 bits per heavy atom. The lowest BCUT2D eigenvalue weighted by atomic mass is 10.2. The van der Waals surface area contributed by atoms with Gasteiger partial charge in [0, 0.05) is 17.4 Å². The molecule has 0 radical (unpaired) electrons. The smallest absolute Gasteiger partial charge is 0.171 e. The molecule has 1 aromatic carbocycles. The first kappa shape index (κ1) is 13.1. The van der Waals surface area contributed by atoms with Gasteiger partial charge in [0.1, 0.15) is 0 Å². The average Bonchev–Trinajstić information content (AvgIpc) is 2.57. The Hall–Kier alpha value is -1.34. The number of sulfone groups is 1. The van der Waals surface area contributed by atoms with Crippen molar-refractivity contribution < 1.29 is 8.42 Å². The van der Waals surface area contributed by atoms with Crippen molar-refractivity contribution in [3.8, 4) is 0 Å². The number of rotatable bonds is 2. The fraction of sp³-hybridized carbons (Fsp3) is 0.364. The first-order valence-electron chi connectivity index (χ1n) is 5.58. The highest BCUT2D eigenvalue weighted by Crippen LogP contribution is 2.13. The zero-order valence-corrected chi connectivity index (χ0v) is 11.4. The minimum absolute atomic E-state index is 0.101. The van der Waals surface area contributed by atoms with Crippen molar-refractivity contribution >= 4 is 38.5 Å². The molecule has 0 aromatic heterocycles. The van der Waals surface area contributed by atoms with E-state index in [2.05, 4.69) is 10.6 Å². The second kappa shape index (κ2) is 5.11. The van der Waals surface area contributed by atoms with E-state index in [0.717, 1.165) is 5.69 Å². The molecule has 1 aromatic rings. The van der Waals surface area contributed by atoms with Crippen molar-refractivity contribution in [1.29, 1.82) is 0 Å². The van der Waals surface area contributed by atoms with E-state index in [9.17, 15) is 8.42 Å². The summed E-state index contributed by atoms with van der Waals surface area (Å²) >= 11 is 5.13. The van der Waals surface area contributed by atoms with Gasteiger partial charge in [0.25, 0.3) is 0 Å². The molecule has 0 spiro atoms. The van der Waals surface area contributed by atoms with Gasteiger partial charge < -0.3 is 16.4 Å². The molecule has 18 heavy (non-hydrogen) atoms. The molecule has 0 amide bonds. The van der Waals surface area contributed by atoms with Crippen molar-refractivity contribution in [3.63, 3.8) is 0 Å². The summed E-state index contributed by atoms with van der Waals surface area (Å²) in [4.78, 5) is 0. The number of hydrogen-bond acceptors (Lipinski definition) is 4. The number of nitrogens with two attached hydrogens (primary N) is 1. The molecule has 1 saturated heterocycles. The Bertz CT molecular complexity index is 557. The lowest BCUT2D eigenvalue weighted by Crippen LogP contribution is -2.38. The number of anilines is 2. The minimum atomic E-state index is -2.89. The largest absolute Gasteiger partial charge is 0.399 e. The van der Waals surface area contributed by atoms with Gasteiger partial charge in [-0.3, -0.25) is 0 Å². The summed E-state index contributed by atoms with van der Waals surface area (Å²) in [5.41, 5.74) is 7.08. The van der Waals surface area contributed by atoms with Crippen molar-refractivity contribution in [2.24, 2.45) is 0 Å². The van der Waals surface area contributed by atoms with E-state index in [0.29, 0.717) is 17.2 Å². The first-order chi connectivity index (χ1) is 8.44. The monoisotopic (exact) mass is 285 g/mol. The van der Waals surface area contributed by atoms with Crippen LogP contribution in [0.25, 0.3) is 0 Å². The summed E-state index contributed by atoms with van der Waals surface area (Å²) in [6.45, 7) is 0. The Morgan fingerprint density at radius 1 is 1.44 bits per heavy atom. The molecule has 2 rings (SSSR count). The van der Waals surface area contributed by atoms with Gasteiger partial charge in [0.2, 0.25) is 0 Å². The molecule has 1 fully saturated rings. The summed E-state index contributed by atoms with van der Waals surface area (Å²) in [6, 6.07) is 7.11. The third-order valence-electron chi connectivity index (χ3n) is 2.71. The molecule has 0 aliphatic carbocycles. The number of nitrogens with one attached hydrogen (secondary N) is 2. The van der Waals surface area contributed by atoms with Gasteiger partial charge in [-0.05, 0) is 36.8 Å². The Morgan fingerprint density at radius 3 is 2.83 bits per heavy atom. The third kappa shape index (κ3) is 3.58. The topological polar surface area (TPSA) is 84.2 Å². The van der Waals surface area contributed by atoms with Gasteiger partial charge in [0.15, 0.2) is 14.9 Å². The van der Waals surface area contributed by atoms with Gasteiger partial charge >= 0.3 is 0 Å². The van der Waals surface area contributed by atoms with E-state index in [1.54, 1.807) is 12.1 Å². The standard InChI is InChI=1S/C11H15N3O2S2/c12-8-2-1-3-9(6-8)13-11(17)14-10-4-5-18(15,16)7-10/h1-3,6,10H,4-5,7,12H2,(H2,13,14,17). The fourth-order valence-electron chi connectivity index (χ4n) is 1.88. The number of benzene rings is 1. The zero-order valence-electron chi connectivity index (χ0n) is 9.72. The Labute approximate surface area is 112 Å². The molecule has 4 N–H and O–H groups in total. The van der Waals surface area contributed by atoms with Gasteiger partial charge in [-0.1, -0.05) is 6.07 Å². The van der Waals surface area contributed by atoms with Crippen LogP contribution in [0, 0.1) is 0 Å². The number of thiocarbonyl (C=S) groups is 1. The van der Waals surface area contributed by atoms with E-state index in [4.69, 9.17) is 18.0 Å². The molecule has 1 aliphatic heterocycles. The average molecular weight is 285 g/mol. The summed E-state index contributed by atoms with van der Waals surface area (Å²) in [5, 5.41) is 6.40. The highest BCUT2D eigenvalue weighted by atomic mass is 32.2. The van der Waals surface area contributed by atoms with Crippen molar-refractivity contribution in [2.45, 2.75) is 12.5 Å². The van der Waals surface area contributed by atoms with Crippen LogP contribution in [-0.2, 0) is 9.84 Å². The number of nitrogen functional groups attached to an aromatic ring is 1. The van der Waals surface area contributed by atoms with Crippen LogP contribution in [0.1, 0.15) is 6.42 Å². The van der Waals surface area contributed by atoms with Crippen molar-refractivity contribution in [1.82, 2.24) is 5.32 Å². The van der Waals surface area contributed by atoms with E-state index in [-0.39, 0.29) is 17.5 Å². The molecule has 0 bridgehead atoms. The van der Waals surface area contributed by atoms with Crippen LogP contribution in [0.3, 0.4) is 0 Å². The first-order valence-corrected chi connectivity index (χ1v) is 7.81. The molecular formula is C11H15N3O2S2. The maximum atomic E-state index is 11.3. The molecular weight excluding hydrogens is 270 g/mol. The van der Waals surface area contributed by atoms with Crippen LogP contribution in [-0.4, -0.2) is 31.1 Å². The molecule has 0 saturated carbocycles. The van der Waals surface area contributed by atoms with Gasteiger partial charge in [-0.25, -0.2) is 8.42 Å². The molecule has 1 aliphatic rings.